The molecule has 2 N–H and O–H groups in total. The van der Waals surface area contributed by atoms with E-state index in [4.69, 9.17) is 15.6 Å². The number of aromatic nitrogens is 5. The van der Waals surface area contributed by atoms with Gasteiger partial charge in [-0.2, -0.15) is 10.4 Å². The molecular weight excluding hydrogens is 492 g/mol. The fourth-order valence-electron chi connectivity index (χ4n) is 5.06. The van der Waals surface area contributed by atoms with Crippen LogP contribution in [0.5, 0.6) is 11.6 Å². The maximum Gasteiger partial charge on any atom is 0.264 e. The lowest BCUT2D eigenvalue weighted by Crippen LogP contribution is -2.41. The SMILES string of the molecule is Cc1nc(Oc2ccccc2)ccc1-c1nn([C@@H]2CCCN(C(=O)C(C#N)=CC3CC3)C2)c2ncnc(N)c12. The molecule has 196 valence electrons. The lowest BCUT2D eigenvalue weighted by molar-refractivity contribution is -0.128. The van der Waals surface area contributed by atoms with Crippen LogP contribution in [-0.4, -0.2) is 48.6 Å². The van der Waals surface area contributed by atoms with Gasteiger partial charge in [-0.25, -0.2) is 19.6 Å². The van der Waals surface area contributed by atoms with Gasteiger partial charge in [-0.05, 0) is 56.7 Å². The monoisotopic (exact) mass is 520 g/mol. The number of likely N-dealkylation sites (tertiary alicyclic amines) is 1. The van der Waals surface area contributed by atoms with Crippen LogP contribution in [0.4, 0.5) is 5.82 Å². The Morgan fingerprint density at radius 2 is 1.97 bits per heavy atom. The highest BCUT2D eigenvalue weighted by molar-refractivity contribution is 5.99. The third-order valence-electron chi connectivity index (χ3n) is 7.20. The van der Waals surface area contributed by atoms with Crippen molar-refractivity contribution in [2.24, 2.45) is 5.92 Å². The first-order valence-electron chi connectivity index (χ1n) is 13.1. The molecule has 10 nitrogen and oxygen atoms in total. The summed E-state index contributed by atoms with van der Waals surface area (Å²) in [5.41, 5.74) is 9.34. The molecule has 2 aliphatic rings. The molecule has 1 aliphatic carbocycles. The van der Waals surface area contributed by atoms with Gasteiger partial charge < -0.3 is 15.4 Å². The van der Waals surface area contributed by atoms with Gasteiger partial charge in [0.2, 0.25) is 5.88 Å². The van der Waals surface area contributed by atoms with Gasteiger partial charge in [0, 0.05) is 24.7 Å². The first-order valence-corrected chi connectivity index (χ1v) is 13.1. The van der Waals surface area contributed by atoms with Crippen molar-refractivity contribution in [3.63, 3.8) is 0 Å². The highest BCUT2D eigenvalue weighted by Gasteiger charge is 2.31. The fraction of sp³-hybridized carbons (Fsp3) is 0.310. The number of piperidine rings is 1. The molecule has 2 fully saturated rings. The molecule has 39 heavy (non-hydrogen) atoms. The van der Waals surface area contributed by atoms with Gasteiger partial charge in [0.15, 0.2) is 5.65 Å². The van der Waals surface area contributed by atoms with Crippen molar-refractivity contribution in [2.45, 2.75) is 38.6 Å². The number of para-hydroxylation sites is 1. The maximum absolute atomic E-state index is 13.2. The van der Waals surface area contributed by atoms with Crippen LogP contribution in [0.3, 0.4) is 0 Å². The van der Waals surface area contributed by atoms with Gasteiger partial charge in [0.25, 0.3) is 5.91 Å². The molecule has 1 atom stereocenters. The first-order chi connectivity index (χ1) is 19.0. The smallest absolute Gasteiger partial charge is 0.264 e. The summed E-state index contributed by atoms with van der Waals surface area (Å²) in [6.07, 6.45) is 6.94. The van der Waals surface area contributed by atoms with Gasteiger partial charge in [-0.1, -0.05) is 24.3 Å². The molecule has 4 heterocycles. The number of hydrogen-bond donors (Lipinski definition) is 1. The molecule has 1 amide bonds. The summed E-state index contributed by atoms with van der Waals surface area (Å²) in [6, 6.07) is 15.2. The van der Waals surface area contributed by atoms with E-state index in [2.05, 4.69) is 21.0 Å². The number of nitrogens with zero attached hydrogens (tertiary/aromatic N) is 7. The zero-order valence-electron chi connectivity index (χ0n) is 21.6. The molecule has 0 spiro atoms. The average Bonchev–Trinajstić information content (AvgIpc) is 3.70. The summed E-state index contributed by atoms with van der Waals surface area (Å²) in [6.45, 7) is 2.94. The lowest BCUT2D eigenvalue weighted by Gasteiger charge is -2.32. The predicted octanol–water partition coefficient (Wildman–Crippen LogP) is 4.59. The number of amides is 1. The van der Waals surface area contributed by atoms with E-state index in [0.717, 1.165) is 36.9 Å². The van der Waals surface area contributed by atoms with E-state index in [0.29, 0.717) is 53.2 Å². The van der Waals surface area contributed by atoms with Crippen molar-refractivity contribution in [3.8, 4) is 29.0 Å². The third-order valence-corrected chi connectivity index (χ3v) is 7.20. The molecule has 4 aromatic rings. The van der Waals surface area contributed by atoms with Crippen LogP contribution in [-0.2, 0) is 4.79 Å². The highest BCUT2D eigenvalue weighted by atomic mass is 16.5. The summed E-state index contributed by atoms with van der Waals surface area (Å²) in [5.74, 6) is 1.64. The number of rotatable bonds is 6. The normalized spacial score (nSPS) is 17.7. The Morgan fingerprint density at radius 1 is 1.15 bits per heavy atom. The molecule has 1 saturated heterocycles. The molecular formula is C29H28N8O2. The topological polar surface area (TPSA) is 136 Å². The third kappa shape index (κ3) is 4.91. The number of hydrogen-bond acceptors (Lipinski definition) is 8. The minimum absolute atomic E-state index is 0.122. The Morgan fingerprint density at radius 3 is 2.72 bits per heavy atom. The number of nitrogen functional groups attached to an aromatic ring is 1. The Kier molecular flexibility index (Phi) is 6.40. The molecule has 10 heteroatoms. The van der Waals surface area contributed by atoms with Crippen LogP contribution in [0, 0.1) is 24.2 Å². The first kappa shape index (κ1) is 24.6. The van der Waals surface area contributed by atoms with Gasteiger partial charge in [0.1, 0.15) is 35.2 Å². The summed E-state index contributed by atoms with van der Waals surface area (Å²) < 4.78 is 7.75. The molecule has 1 aliphatic heterocycles. The van der Waals surface area contributed by atoms with Crippen LogP contribution in [0.15, 0.2) is 60.4 Å². The van der Waals surface area contributed by atoms with Gasteiger partial charge in [-0.15, -0.1) is 0 Å². The van der Waals surface area contributed by atoms with Crippen molar-refractivity contribution in [2.75, 3.05) is 18.8 Å². The number of nitriles is 1. The van der Waals surface area contributed by atoms with Gasteiger partial charge in [-0.3, -0.25) is 4.79 Å². The summed E-state index contributed by atoms with van der Waals surface area (Å²) >= 11 is 0. The Labute approximate surface area is 225 Å². The molecule has 3 aromatic heterocycles. The van der Waals surface area contributed by atoms with Crippen LogP contribution >= 0.6 is 0 Å². The van der Waals surface area contributed by atoms with Crippen molar-refractivity contribution in [1.29, 1.82) is 5.26 Å². The van der Waals surface area contributed by atoms with E-state index in [1.807, 2.05) is 54.1 Å². The van der Waals surface area contributed by atoms with Gasteiger partial charge in [0.05, 0.1) is 17.1 Å². The number of nitrogens with two attached hydrogens (primary N) is 1. The Bertz CT molecular complexity index is 1620. The van der Waals surface area contributed by atoms with E-state index in [-0.39, 0.29) is 17.5 Å². The maximum atomic E-state index is 13.2. The van der Waals surface area contributed by atoms with Crippen LogP contribution in [0.2, 0.25) is 0 Å². The Hall–Kier alpha value is -4.78. The van der Waals surface area contributed by atoms with E-state index < -0.39 is 0 Å². The van der Waals surface area contributed by atoms with Gasteiger partial charge >= 0.3 is 0 Å². The molecule has 0 unspecified atom stereocenters. The van der Waals surface area contributed by atoms with Crippen molar-refractivity contribution < 1.29 is 9.53 Å². The van der Waals surface area contributed by atoms with E-state index >= 15 is 0 Å². The van der Waals surface area contributed by atoms with Crippen molar-refractivity contribution in [3.05, 3.63) is 66.1 Å². The number of carbonyl (C=O) groups excluding carboxylic acids is 1. The number of ether oxygens (including phenoxy) is 1. The largest absolute Gasteiger partial charge is 0.439 e. The molecule has 6 rings (SSSR count). The van der Waals surface area contributed by atoms with E-state index in [9.17, 15) is 10.1 Å². The number of pyridine rings is 1. The van der Waals surface area contributed by atoms with Crippen molar-refractivity contribution >= 4 is 22.8 Å². The predicted molar refractivity (Wildman–Crippen MR) is 145 cm³/mol. The number of anilines is 1. The van der Waals surface area contributed by atoms with E-state index in [1.54, 1.807) is 11.0 Å². The summed E-state index contributed by atoms with van der Waals surface area (Å²) in [5, 5.41) is 15.2. The Balaban J connectivity index is 1.33. The quantitative estimate of drug-likeness (QED) is 0.288. The number of benzene rings is 1. The van der Waals surface area contributed by atoms with Crippen molar-refractivity contribution in [1.82, 2.24) is 29.6 Å². The average molecular weight is 521 g/mol. The van der Waals surface area contributed by atoms with Crippen LogP contribution < -0.4 is 10.5 Å². The number of fused-ring (bicyclic) bond motifs is 1. The molecule has 0 radical (unpaired) electrons. The molecule has 0 bridgehead atoms. The minimum atomic E-state index is -0.214. The highest BCUT2D eigenvalue weighted by Crippen LogP contribution is 2.36. The molecule has 1 aromatic carbocycles. The fourth-order valence-corrected chi connectivity index (χ4v) is 5.06. The standard InChI is InChI=1S/C29H28N8O2/c1-18-23(11-12-24(34-18)39-22-7-3-2-4-8-22)26-25-27(31)32-17-33-28(25)37(35-26)21-6-5-13-36(16-21)29(38)20(15-30)14-19-9-10-19/h2-4,7-8,11-12,14,17,19,21H,5-6,9-10,13,16H2,1H3,(H2,31,32,33)/t21-/m1/s1. The number of carbonyl (C=O) groups is 1. The zero-order valence-corrected chi connectivity index (χ0v) is 21.6. The number of aryl methyl sites for hydroxylation is 1. The van der Waals surface area contributed by atoms with Crippen LogP contribution in [0.25, 0.3) is 22.3 Å². The molecule has 1 saturated carbocycles. The second-order valence-corrected chi connectivity index (χ2v) is 10.0. The second kappa shape index (κ2) is 10.2. The minimum Gasteiger partial charge on any atom is -0.439 e. The van der Waals surface area contributed by atoms with E-state index in [1.165, 1.54) is 6.33 Å². The summed E-state index contributed by atoms with van der Waals surface area (Å²) in [7, 11) is 0. The lowest BCUT2D eigenvalue weighted by atomic mass is 10.0. The zero-order chi connectivity index (χ0) is 26.9. The summed E-state index contributed by atoms with van der Waals surface area (Å²) in [4.78, 5) is 28.3. The number of allylic oxidation sites excluding steroid dienone is 1. The van der Waals surface area contributed by atoms with Crippen LogP contribution in [0.1, 0.15) is 37.4 Å². The second-order valence-electron chi connectivity index (χ2n) is 10.0.